The molecule has 2 N–H and O–H groups in total. The molecule has 0 bridgehead atoms. The Bertz CT molecular complexity index is 284. The lowest BCUT2D eigenvalue weighted by atomic mass is 9.81. The summed E-state index contributed by atoms with van der Waals surface area (Å²) in [6.45, 7) is 7.76. The Morgan fingerprint density at radius 3 is 2.50 bits per heavy atom. The summed E-state index contributed by atoms with van der Waals surface area (Å²) in [5.41, 5.74) is -0.221. The Morgan fingerprint density at radius 2 is 1.90 bits per heavy atom. The van der Waals surface area contributed by atoms with E-state index in [1.165, 1.54) is 19.3 Å². The number of likely N-dealkylation sites (N-methyl/N-ethyl adjacent to an activating group) is 1. The third-order valence-corrected chi connectivity index (χ3v) is 4.86. The van der Waals surface area contributed by atoms with E-state index in [0.29, 0.717) is 0 Å². The van der Waals surface area contributed by atoms with Crippen LogP contribution >= 0.6 is 0 Å². The zero-order chi connectivity index (χ0) is 14.5. The number of aliphatic hydroxyl groups is 1. The third kappa shape index (κ3) is 4.42. The van der Waals surface area contributed by atoms with E-state index in [2.05, 4.69) is 24.2 Å². The van der Waals surface area contributed by atoms with Crippen molar-refractivity contribution in [2.24, 2.45) is 5.41 Å². The highest BCUT2D eigenvalue weighted by Crippen LogP contribution is 2.33. The highest BCUT2D eigenvalue weighted by Gasteiger charge is 2.37. The minimum Gasteiger partial charge on any atom is -0.389 e. The molecule has 2 fully saturated rings. The SMILES string of the molecule is CCNCC1(CN(C)CC2(O)CCCC2)CCCOC1. The molecule has 1 saturated carbocycles. The fourth-order valence-corrected chi connectivity index (χ4v) is 3.94. The normalized spacial score (nSPS) is 30.0. The molecular formula is C16H32N2O2. The number of hydrogen-bond acceptors (Lipinski definition) is 4. The van der Waals surface area contributed by atoms with Crippen molar-refractivity contribution in [3.63, 3.8) is 0 Å². The third-order valence-electron chi connectivity index (χ3n) is 4.86. The highest BCUT2D eigenvalue weighted by atomic mass is 16.5. The summed E-state index contributed by atoms with van der Waals surface area (Å²) in [5, 5.41) is 14.1. The molecule has 1 saturated heterocycles. The molecule has 2 rings (SSSR count). The smallest absolute Gasteiger partial charge is 0.0774 e. The highest BCUT2D eigenvalue weighted by molar-refractivity contribution is 4.91. The summed E-state index contributed by atoms with van der Waals surface area (Å²) in [6.07, 6.45) is 6.67. The molecule has 20 heavy (non-hydrogen) atoms. The fourth-order valence-electron chi connectivity index (χ4n) is 3.94. The molecule has 1 heterocycles. The molecule has 2 aliphatic rings. The molecule has 0 aromatic heterocycles. The first-order valence-corrected chi connectivity index (χ1v) is 8.27. The van der Waals surface area contributed by atoms with Gasteiger partial charge in [0.1, 0.15) is 0 Å². The second-order valence-electron chi connectivity index (χ2n) is 7.04. The monoisotopic (exact) mass is 284 g/mol. The van der Waals surface area contributed by atoms with Crippen molar-refractivity contribution in [1.82, 2.24) is 10.2 Å². The van der Waals surface area contributed by atoms with Crippen LogP contribution < -0.4 is 5.32 Å². The minimum atomic E-state index is -0.441. The van der Waals surface area contributed by atoms with Crippen molar-refractivity contribution in [1.29, 1.82) is 0 Å². The van der Waals surface area contributed by atoms with E-state index in [9.17, 15) is 5.11 Å². The number of ether oxygens (including phenoxy) is 1. The largest absolute Gasteiger partial charge is 0.389 e. The Labute approximate surface area is 123 Å². The molecule has 0 radical (unpaired) electrons. The van der Waals surface area contributed by atoms with Crippen molar-refractivity contribution < 1.29 is 9.84 Å². The summed E-state index contributed by atoms with van der Waals surface area (Å²) < 4.78 is 5.75. The van der Waals surface area contributed by atoms with E-state index in [-0.39, 0.29) is 5.41 Å². The Morgan fingerprint density at radius 1 is 1.15 bits per heavy atom. The number of nitrogens with zero attached hydrogens (tertiary/aromatic N) is 1. The average molecular weight is 284 g/mol. The van der Waals surface area contributed by atoms with Crippen molar-refractivity contribution in [2.75, 3.05) is 46.4 Å². The van der Waals surface area contributed by atoms with E-state index in [4.69, 9.17) is 4.74 Å². The first kappa shape index (κ1) is 16.2. The number of hydrogen-bond donors (Lipinski definition) is 2. The molecule has 0 amide bonds. The molecule has 1 aliphatic heterocycles. The topological polar surface area (TPSA) is 44.7 Å². The summed E-state index contributed by atoms with van der Waals surface area (Å²) in [4.78, 5) is 2.33. The second kappa shape index (κ2) is 7.21. The van der Waals surface area contributed by atoms with Crippen LogP contribution in [0.2, 0.25) is 0 Å². The van der Waals surface area contributed by atoms with Crippen LogP contribution in [0.3, 0.4) is 0 Å². The van der Waals surface area contributed by atoms with Crippen molar-refractivity contribution >= 4 is 0 Å². The maximum absolute atomic E-state index is 10.6. The van der Waals surface area contributed by atoms with Crippen LogP contribution in [0.5, 0.6) is 0 Å². The maximum Gasteiger partial charge on any atom is 0.0774 e. The van der Waals surface area contributed by atoms with Crippen molar-refractivity contribution in [3.05, 3.63) is 0 Å². The van der Waals surface area contributed by atoms with Gasteiger partial charge in [0.05, 0.1) is 12.2 Å². The average Bonchev–Trinajstić information content (AvgIpc) is 2.83. The van der Waals surface area contributed by atoms with Gasteiger partial charge >= 0.3 is 0 Å². The lowest BCUT2D eigenvalue weighted by Crippen LogP contribution is -2.50. The lowest BCUT2D eigenvalue weighted by Gasteiger charge is -2.41. The van der Waals surface area contributed by atoms with Gasteiger partial charge in [0.25, 0.3) is 0 Å². The predicted octanol–water partition coefficient (Wildman–Crippen LogP) is 1.63. The summed E-state index contributed by atoms with van der Waals surface area (Å²) in [7, 11) is 2.15. The van der Waals surface area contributed by atoms with Crippen LogP contribution in [0.25, 0.3) is 0 Å². The molecule has 4 heteroatoms. The van der Waals surface area contributed by atoms with Crippen LogP contribution in [0, 0.1) is 5.41 Å². The quantitative estimate of drug-likeness (QED) is 0.746. The zero-order valence-corrected chi connectivity index (χ0v) is 13.3. The summed E-state index contributed by atoms with van der Waals surface area (Å²) in [6, 6.07) is 0. The molecule has 1 atom stereocenters. The zero-order valence-electron chi connectivity index (χ0n) is 13.3. The van der Waals surface area contributed by atoms with Gasteiger partial charge in [0, 0.05) is 31.7 Å². The van der Waals surface area contributed by atoms with Crippen molar-refractivity contribution in [3.8, 4) is 0 Å². The molecule has 0 aromatic carbocycles. The molecule has 1 aliphatic carbocycles. The Kier molecular flexibility index (Phi) is 5.84. The molecule has 4 nitrogen and oxygen atoms in total. The fraction of sp³-hybridized carbons (Fsp3) is 1.00. The Hall–Kier alpha value is -0.160. The van der Waals surface area contributed by atoms with Gasteiger partial charge in [-0.2, -0.15) is 0 Å². The van der Waals surface area contributed by atoms with Gasteiger partial charge in [0.2, 0.25) is 0 Å². The van der Waals surface area contributed by atoms with Gasteiger partial charge in [-0.25, -0.2) is 0 Å². The van der Waals surface area contributed by atoms with E-state index in [1.54, 1.807) is 0 Å². The van der Waals surface area contributed by atoms with E-state index >= 15 is 0 Å². The maximum atomic E-state index is 10.6. The Balaban J connectivity index is 1.89. The minimum absolute atomic E-state index is 0.220. The van der Waals surface area contributed by atoms with E-state index in [1.807, 2.05) is 0 Å². The van der Waals surface area contributed by atoms with Gasteiger partial charge < -0.3 is 20.1 Å². The van der Waals surface area contributed by atoms with Gasteiger partial charge in [-0.15, -0.1) is 0 Å². The van der Waals surface area contributed by atoms with Gasteiger partial charge in [-0.3, -0.25) is 0 Å². The summed E-state index contributed by atoms with van der Waals surface area (Å²) >= 11 is 0. The molecule has 1 unspecified atom stereocenters. The van der Waals surface area contributed by atoms with Crippen LogP contribution in [0.1, 0.15) is 45.4 Å². The van der Waals surface area contributed by atoms with Gasteiger partial charge in [-0.1, -0.05) is 19.8 Å². The molecule has 0 spiro atoms. The van der Waals surface area contributed by atoms with Crippen LogP contribution in [0.15, 0.2) is 0 Å². The second-order valence-corrected chi connectivity index (χ2v) is 7.04. The molecular weight excluding hydrogens is 252 g/mol. The molecule has 0 aromatic rings. The predicted molar refractivity (Wildman–Crippen MR) is 81.9 cm³/mol. The number of nitrogens with one attached hydrogen (secondary N) is 1. The van der Waals surface area contributed by atoms with Crippen molar-refractivity contribution in [2.45, 2.75) is 51.0 Å². The van der Waals surface area contributed by atoms with Crippen LogP contribution in [-0.4, -0.2) is 62.0 Å². The lowest BCUT2D eigenvalue weighted by molar-refractivity contribution is -0.0407. The summed E-state index contributed by atoms with van der Waals surface area (Å²) in [5.74, 6) is 0. The van der Waals surface area contributed by atoms with Crippen LogP contribution in [-0.2, 0) is 4.74 Å². The first-order chi connectivity index (χ1) is 9.58. The van der Waals surface area contributed by atoms with E-state index in [0.717, 1.165) is 58.7 Å². The molecule has 118 valence electrons. The number of rotatable bonds is 7. The van der Waals surface area contributed by atoms with Gasteiger partial charge in [0.15, 0.2) is 0 Å². The van der Waals surface area contributed by atoms with Gasteiger partial charge in [-0.05, 0) is 39.3 Å². The van der Waals surface area contributed by atoms with E-state index < -0.39 is 5.60 Å². The standard InChI is InChI=1S/C16H32N2O2/c1-3-17-11-15(7-6-10-20-14-15)12-18(2)13-16(19)8-4-5-9-16/h17,19H,3-14H2,1-2H3. The van der Waals surface area contributed by atoms with Crippen LogP contribution in [0.4, 0.5) is 0 Å². The first-order valence-electron chi connectivity index (χ1n) is 8.27.